The summed E-state index contributed by atoms with van der Waals surface area (Å²) in [6.45, 7) is 7.83. The van der Waals surface area contributed by atoms with Crippen molar-refractivity contribution in [1.82, 2.24) is 4.98 Å². The molecule has 30 heavy (non-hydrogen) atoms. The van der Waals surface area contributed by atoms with Gasteiger partial charge in [0.15, 0.2) is 0 Å². The molecule has 0 aliphatic carbocycles. The van der Waals surface area contributed by atoms with Crippen molar-refractivity contribution < 1.29 is 9.59 Å². The van der Waals surface area contributed by atoms with E-state index in [4.69, 9.17) is 0 Å². The first-order chi connectivity index (χ1) is 14.4. The summed E-state index contributed by atoms with van der Waals surface area (Å²) in [6.07, 6.45) is 1.21. The van der Waals surface area contributed by atoms with Gasteiger partial charge < -0.3 is 10.6 Å². The van der Waals surface area contributed by atoms with Gasteiger partial charge in [0.25, 0.3) is 0 Å². The van der Waals surface area contributed by atoms with Gasteiger partial charge in [-0.05, 0) is 43.2 Å². The summed E-state index contributed by atoms with van der Waals surface area (Å²) in [5.41, 5.74) is 4.64. The van der Waals surface area contributed by atoms with Crippen LogP contribution in [-0.4, -0.2) is 16.8 Å². The summed E-state index contributed by atoms with van der Waals surface area (Å²) in [4.78, 5) is 30.0. The Morgan fingerprint density at radius 3 is 2.17 bits per heavy atom. The molecule has 0 radical (unpaired) electrons. The van der Waals surface area contributed by atoms with Crippen molar-refractivity contribution in [3.05, 3.63) is 64.0 Å². The Morgan fingerprint density at radius 2 is 1.57 bits per heavy atom. The van der Waals surface area contributed by atoms with E-state index in [1.807, 2.05) is 69.3 Å². The van der Waals surface area contributed by atoms with Crippen LogP contribution in [0.5, 0.6) is 0 Å². The lowest BCUT2D eigenvalue weighted by atomic mass is 10.1. The molecule has 0 saturated carbocycles. The molecule has 3 rings (SSSR count). The van der Waals surface area contributed by atoms with E-state index >= 15 is 0 Å². The molecule has 0 fully saturated rings. The Hall–Kier alpha value is -2.99. The van der Waals surface area contributed by atoms with Crippen molar-refractivity contribution in [2.75, 3.05) is 10.6 Å². The number of carbonyl (C=O) groups excluding carboxylic acids is 2. The molecule has 0 saturated heterocycles. The van der Waals surface area contributed by atoms with Crippen molar-refractivity contribution in [2.24, 2.45) is 5.92 Å². The van der Waals surface area contributed by atoms with Gasteiger partial charge in [0.05, 0.1) is 12.1 Å². The predicted molar refractivity (Wildman–Crippen MR) is 124 cm³/mol. The first-order valence-corrected chi connectivity index (χ1v) is 10.9. The lowest BCUT2D eigenvalue weighted by Gasteiger charge is -2.08. The average Bonchev–Trinajstić information content (AvgIpc) is 3.08. The zero-order chi connectivity index (χ0) is 21.7. The van der Waals surface area contributed by atoms with Crippen LogP contribution in [0.15, 0.2) is 48.5 Å². The minimum absolute atomic E-state index is 0.00905. The zero-order valence-electron chi connectivity index (χ0n) is 17.8. The van der Waals surface area contributed by atoms with E-state index in [-0.39, 0.29) is 24.2 Å². The Morgan fingerprint density at radius 1 is 0.967 bits per heavy atom. The Labute approximate surface area is 181 Å². The number of hydrogen-bond donors (Lipinski definition) is 2. The second kappa shape index (κ2) is 9.67. The van der Waals surface area contributed by atoms with E-state index in [1.54, 1.807) is 0 Å². The molecule has 6 heteroatoms. The normalized spacial score (nSPS) is 10.8. The largest absolute Gasteiger partial charge is 0.326 e. The molecular formula is C24H27N3O2S. The summed E-state index contributed by atoms with van der Waals surface area (Å²) in [6, 6.07) is 15.5. The Bertz CT molecular complexity index is 1020. The van der Waals surface area contributed by atoms with Crippen molar-refractivity contribution in [3.8, 4) is 11.3 Å². The number of thiazole rings is 1. The number of aromatic nitrogens is 1. The fraction of sp³-hybridized carbons (Fsp3) is 0.292. The predicted octanol–water partition coefficient (Wildman–Crippen LogP) is 5.46. The minimum Gasteiger partial charge on any atom is -0.326 e. The average molecular weight is 422 g/mol. The van der Waals surface area contributed by atoms with Crippen molar-refractivity contribution >= 4 is 34.5 Å². The van der Waals surface area contributed by atoms with Crippen LogP contribution in [-0.2, 0) is 22.4 Å². The summed E-state index contributed by atoms with van der Waals surface area (Å²) in [7, 11) is 0. The molecule has 156 valence electrons. The summed E-state index contributed by atoms with van der Waals surface area (Å²) >= 11 is 1.53. The molecule has 1 aromatic heterocycles. The number of rotatable bonds is 7. The number of benzene rings is 2. The summed E-state index contributed by atoms with van der Waals surface area (Å²) in [5, 5.41) is 6.60. The quantitative estimate of drug-likeness (QED) is 0.532. The number of nitrogens with one attached hydrogen (secondary N) is 2. The highest BCUT2D eigenvalue weighted by Gasteiger charge is 2.14. The molecule has 5 nitrogen and oxygen atoms in total. The molecule has 0 aliphatic rings. The smallest absolute Gasteiger partial charge is 0.231 e. The zero-order valence-corrected chi connectivity index (χ0v) is 18.6. The highest BCUT2D eigenvalue weighted by Crippen LogP contribution is 2.29. The second-order valence-electron chi connectivity index (χ2n) is 7.51. The van der Waals surface area contributed by atoms with Gasteiger partial charge in [0.1, 0.15) is 5.01 Å². The molecule has 0 spiro atoms. The van der Waals surface area contributed by atoms with Crippen LogP contribution < -0.4 is 10.6 Å². The van der Waals surface area contributed by atoms with Gasteiger partial charge in [-0.3, -0.25) is 9.59 Å². The van der Waals surface area contributed by atoms with Gasteiger partial charge >= 0.3 is 0 Å². The topological polar surface area (TPSA) is 71.1 Å². The Balaban J connectivity index is 1.65. The van der Waals surface area contributed by atoms with Crippen LogP contribution in [0.25, 0.3) is 11.3 Å². The van der Waals surface area contributed by atoms with Crippen molar-refractivity contribution in [3.63, 3.8) is 0 Å². The van der Waals surface area contributed by atoms with Crippen molar-refractivity contribution in [1.29, 1.82) is 0 Å². The highest BCUT2D eigenvalue weighted by atomic mass is 32.1. The van der Waals surface area contributed by atoms with E-state index in [2.05, 4.69) is 22.5 Å². The number of anilines is 2. The first kappa shape index (κ1) is 21.7. The van der Waals surface area contributed by atoms with Gasteiger partial charge in [-0.15, -0.1) is 11.3 Å². The second-order valence-corrected chi connectivity index (χ2v) is 8.80. The molecule has 2 N–H and O–H groups in total. The summed E-state index contributed by atoms with van der Waals surface area (Å²) < 4.78 is 0. The SMILES string of the molecule is CCc1ccc(NC(=O)Cc2nc(-c3ccc(NC(=O)C(C)C)cc3)c(C)s2)cc1. The number of aryl methyl sites for hydroxylation is 2. The lowest BCUT2D eigenvalue weighted by molar-refractivity contribution is -0.119. The van der Waals surface area contributed by atoms with Crippen molar-refractivity contribution in [2.45, 2.75) is 40.5 Å². The van der Waals surface area contributed by atoms with Crippen LogP contribution in [0.3, 0.4) is 0 Å². The fourth-order valence-electron chi connectivity index (χ4n) is 2.96. The molecule has 1 heterocycles. The Kier molecular flexibility index (Phi) is 7.00. The van der Waals surface area contributed by atoms with Gasteiger partial charge in [0, 0.05) is 27.7 Å². The lowest BCUT2D eigenvalue weighted by Crippen LogP contribution is -2.17. The van der Waals surface area contributed by atoms with E-state index in [0.717, 1.165) is 38.9 Å². The van der Waals surface area contributed by atoms with Crippen LogP contribution in [0.4, 0.5) is 11.4 Å². The maximum absolute atomic E-state index is 12.4. The van der Waals surface area contributed by atoms with E-state index < -0.39 is 0 Å². The molecule has 3 aromatic rings. The third kappa shape index (κ3) is 5.54. The van der Waals surface area contributed by atoms with Gasteiger partial charge in [0.2, 0.25) is 11.8 Å². The van der Waals surface area contributed by atoms with Gasteiger partial charge in [-0.1, -0.05) is 45.0 Å². The monoisotopic (exact) mass is 421 g/mol. The van der Waals surface area contributed by atoms with Crippen LogP contribution in [0.1, 0.15) is 36.2 Å². The van der Waals surface area contributed by atoms with Gasteiger partial charge in [-0.2, -0.15) is 0 Å². The first-order valence-electron chi connectivity index (χ1n) is 10.1. The highest BCUT2D eigenvalue weighted by molar-refractivity contribution is 7.12. The van der Waals surface area contributed by atoms with E-state index in [9.17, 15) is 9.59 Å². The maximum atomic E-state index is 12.4. The third-order valence-corrected chi connectivity index (χ3v) is 5.72. The van der Waals surface area contributed by atoms with Gasteiger partial charge in [-0.25, -0.2) is 4.98 Å². The van der Waals surface area contributed by atoms with E-state index in [1.165, 1.54) is 16.9 Å². The number of amides is 2. The maximum Gasteiger partial charge on any atom is 0.231 e. The molecule has 0 atom stereocenters. The van der Waals surface area contributed by atoms with Crippen LogP contribution >= 0.6 is 11.3 Å². The molecule has 0 bridgehead atoms. The van der Waals surface area contributed by atoms with Crippen LogP contribution in [0, 0.1) is 12.8 Å². The van der Waals surface area contributed by atoms with Crippen LogP contribution in [0.2, 0.25) is 0 Å². The fourth-order valence-corrected chi connectivity index (χ4v) is 3.91. The summed E-state index contributed by atoms with van der Waals surface area (Å²) in [5.74, 6) is -0.153. The molecule has 0 unspecified atom stereocenters. The molecule has 0 aliphatic heterocycles. The molecule has 2 amide bonds. The minimum atomic E-state index is -0.0775. The third-order valence-electron chi connectivity index (χ3n) is 4.75. The molecule has 2 aromatic carbocycles. The standard InChI is InChI=1S/C24H27N3O2S/c1-5-17-6-10-19(11-7-17)25-21(28)14-22-27-23(16(4)30-22)18-8-12-20(13-9-18)26-24(29)15(2)3/h6-13,15H,5,14H2,1-4H3,(H,25,28)(H,26,29). The number of hydrogen-bond acceptors (Lipinski definition) is 4. The number of nitrogens with zero attached hydrogens (tertiary/aromatic N) is 1. The van der Waals surface area contributed by atoms with E-state index in [0.29, 0.717) is 0 Å². The molecular weight excluding hydrogens is 394 g/mol. The number of carbonyl (C=O) groups is 2.